The molecule has 5 aliphatic rings. The molecule has 6 rings (SSSR count). The average molecular weight is 471 g/mol. The zero-order valence-electron chi connectivity index (χ0n) is 20.5. The van der Waals surface area contributed by atoms with E-state index in [0.29, 0.717) is 12.8 Å². The second-order valence-corrected chi connectivity index (χ2v) is 11.7. The maximum Gasteiger partial charge on any atom is 0.305 e. The van der Waals surface area contributed by atoms with Crippen LogP contribution in [0, 0.1) is 28.1 Å². The van der Waals surface area contributed by atoms with Gasteiger partial charge < -0.3 is 23.7 Å². The largest absolute Gasteiger partial charge is 0.472 e. The van der Waals surface area contributed by atoms with Gasteiger partial charge >= 0.3 is 5.97 Å². The molecule has 184 valence electrons. The highest BCUT2D eigenvalue weighted by atomic mass is 16.6. The molecule has 7 heteroatoms. The summed E-state index contributed by atoms with van der Waals surface area (Å²) in [6, 6.07) is 1.99. The number of ketones is 1. The molecular formula is C27H34O7. The number of ether oxygens (including phenoxy) is 3. The van der Waals surface area contributed by atoms with Crippen LogP contribution in [0.4, 0.5) is 0 Å². The lowest BCUT2D eigenvalue weighted by Crippen LogP contribution is -2.67. The first-order valence-electron chi connectivity index (χ1n) is 12.4. The van der Waals surface area contributed by atoms with Crippen molar-refractivity contribution in [3.63, 3.8) is 0 Å². The first-order chi connectivity index (χ1) is 16.1. The molecule has 1 aromatic rings. The average Bonchev–Trinajstić information content (AvgIpc) is 3.54. The van der Waals surface area contributed by atoms with Gasteiger partial charge in [-0.1, -0.05) is 26.3 Å². The molecule has 3 unspecified atom stereocenters. The highest BCUT2D eigenvalue weighted by molar-refractivity contribution is 5.88. The van der Waals surface area contributed by atoms with Crippen LogP contribution in [-0.2, 0) is 23.8 Å². The molecule has 3 heterocycles. The Balaban J connectivity index is 1.56. The van der Waals surface area contributed by atoms with Crippen LogP contribution in [0.1, 0.15) is 64.9 Å². The molecule has 0 bridgehead atoms. The highest BCUT2D eigenvalue weighted by Crippen LogP contribution is 2.73. The topological polar surface area (TPSA) is 95.2 Å². The molecule has 2 saturated heterocycles. The minimum absolute atomic E-state index is 0.124. The van der Waals surface area contributed by atoms with Gasteiger partial charge in [0.25, 0.3) is 0 Å². The normalized spacial score (nSPS) is 49.1. The van der Waals surface area contributed by atoms with E-state index >= 15 is 0 Å². The molecule has 7 nitrogen and oxygen atoms in total. The van der Waals surface area contributed by atoms with Crippen molar-refractivity contribution >= 4 is 11.8 Å². The summed E-state index contributed by atoms with van der Waals surface area (Å²) in [5.41, 5.74) is 1.51. The number of aliphatic hydroxyl groups is 1. The molecular weight excluding hydrogens is 436 g/mol. The number of aliphatic hydroxyl groups excluding tert-OH is 1. The van der Waals surface area contributed by atoms with Crippen molar-refractivity contribution in [2.24, 2.45) is 28.1 Å². The van der Waals surface area contributed by atoms with Crippen LogP contribution in [0.15, 0.2) is 34.2 Å². The van der Waals surface area contributed by atoms with E-state index in [0.717, 1.165) is 12.0 Å². The van der Waals surface area contributed by atoms with Gasteiger partial charge in [-0.15, -0.1) is 0 Å². The predicted molar refractivity (Wildman–Crippen MR) is 120 cm³/mol. The van der Waals surface area contributed by atoms with E-state index in [9.17, 15) is 14.7 Å². The summed E-state index contributed by atoms with van der Waals surface area (Å²) in [6.45, 7) is 8.33. The van der Waals surface area contributed by atoms with Crippen molar-refractivity contribution in [2.45, 2.75) is 83.9 Å². The number of carbonyl (C=O) groups is 2. The molecule has 1 aromatic heterocycles. The van der Waals surface area contributed by atoms with Crippen LogP contribution in [0.25, 0.3) is 0 Å². The van der Waals surface area contributed by atoms with E-state index < -0.39 is 28.6 Å². The van der Waals surface area contributed by atoms with Gasteiger partial charge in [0.1, 0.15) is 5.78 Å². The Bertz CT molecular complexity index is 1070. The summed E-state index contributed by atoms with van der Waals surface area (Å²) >= 11 is 0. The summed E-state index contributed by atoms with van der Waals surface area (Å²) in [4.78, 5) is 26.6. The van der Waals surface area contributed by atoms with E-state index in [4.69, 9.17) is 18.6 Å². The predicted octanol–water partition coefficient (Wildman–Crippen LogP) is 3.76. The van der Waals surface area contributed by atoms with E-state index in [1.165, 1.54) is 18.3 Å². The van der Waals surface area contributed by atoms with E-state index in [1.54, 1.807) is 12.5 Å². The fraction of sp³-hybridized carbons (Fsp3) is 0.704. The first kappa shape index (κ1) is 22.5. The Kier molecular flexibility index (Phi) is 4.66. The van der Waals surface area contributed by atoms with Crippen LogP contribution in [0.5, 0.6) is 0 Å². The van der Waals surface area contributed by atoms with Crippen molar-refractivity contribution < 1.29 is 33.3 Å². The van der Waals surface area contributed by atoms with Crippen LogP contribution in [0.2, 0.25) is 0 Å². The van der Waals surface area contributed by atoms with Crippen LogP contribution < -0.4 is 0 Å². The SMILES string of the molecule is COC(=O)C[C@H]1[C@]2(C)C3=C(C)C(c4ccoc4)CC3O[C@@H]2[C@@H]2OC(O)[C@]3(C)CCC(=O)[C@@]1(C)[C@@H]23. The standard InChI is InChI=1S/C27H34O7/c1-13-15(14-7-9-32-12-14)10-16-20(13)27(4)17(11-19(29)31-5)26(3)18(28)6-8-25(2)22(26)21(23(27)33-16)34-24(25)30/h7,9,12,15-17,21-24,30H,6,8,10-11H2,1-5H3/t15?,16?,17-,21-,22+,23-,24?,25-,26+,27-/m1/s1. The van der Waals surface area contributed by atoms with Crippen molar-refractivity contribution in [1.29, 1.82) is 0 Å². The molecule has 1 N–H and O–H groups in total. The lowest BCUT2D eigenvalue weighted by molar-refractivity contribution is -0.201. The molecule has 0 radical (unpaired) electrons. The first-order valence-corrected chi connectivity index (χ1v) is 12.4. The molecule has 34 heavy (non-hydrogen) atoms. The van der Waals surface area contributed by atoms with Crippen LogP contribution >= 0.6 is 0 Å². The van der Waals surface area contributed by atoms with Gasteiger partial charge in [-0.3, -0.25) is 9.59 Å². The van der Waals surface area contributed by atoms with Crippen molar-refractivity contribution in [3.05, 3.63) is 35.3 Å². The Hall–Kier alpha value is -1.96. The van der Waals surface area contributed by atoms with Gasteiger partial charge in [0.15, 0.2) is 6.29 Å². The summed E-state index contributed by atoms with van der Waals surface area (Å²) in [5.74, 6) is -0.554. The van der Waals surface area contributed by atoms with Gasteiger partial charge in [0, 0.05) is 34.5 Å². The van der Waals surface area contributed by atoms with Gasteiger partial charge in [0.05, 0.1) is 44.4 Å². The minimum Gasteiger partial charge on any atom is -0.472 e. The molecule has 3 aliphatic carbocycles. The third-order valence-corrected chi connectivity index (χ3v) is 10.5. The Labute approximate surface area is 199 Å². The summed E-state index contributed by atoms with van der Waals surface area (Å²) in [5, 5.41) is 11.1. The van der Waals surface area contributed by atoms with E-state index in [1.807, 2.05) is 19.9 Å². The van der Waals surface area contributed by atoms with Gasteiger partial charge in [-0.2, -0.15) is 0 Å². The number of furan rings is 1. The summed E-state index contributed by atoms with van der Waals surface area (Å²) in [7, 11) is 1.40. The van der Waals surface area contributed by atoms with Crippen molar-refractivity contribution in [2.75, 3.05) is 7.11 Å². The number of esters is 1. The Morgan fingerprint density at radius 3 is 2.68 bits per heavy atom. The highest BCUT2D eigenvalue weighted by Gasteiger charge is 2.77. The fourth-order valence-electron chi connectivity index (χ4n) is 8.98. The second-order valence-electron chi connectivity index (χ2n) is 11.7. The minimum atomic E-state index is -0.964. The number of Topliss-reactive ketones (excluding diaryl/α,β-unsaturated/α-hetero) is 1. The van der Waals surface area contributed by atoms with Gasteiger partial charge in [-0.25, -0.2) is 0 Å². The number of allylic oxidation sites excluding steroid dienone is 1. The van der Waals surface area contributed by atoms with Crippen LogP contribution in [0.3, 0.4) is 0 Å². The van der Waals surface area contributed by atoms with E-state index in [2.05, 4.69) is 13.8 Å². The number of methoxy groups -OCH3 is 1. The molecule has 10 atom stereocenters. The third kappa shape index (κ3) is 2.48. The summed E-state index contributed by atoms with van der Waals surface area (Å²) in [6.07, 6.45) is 3.50. The molecule has 2 aliphatic heterocycles. The lowest BCUT2D eigenvalue weighted by atomic mass is 9.40. The number of fused-ring (bicyclic) bond motifs is 4. The Morgan fingerprint density at radius 1 is 1.24 bits per heavy atom. The molecule has 4 fully saturated rings. The van der Waals surface area contributed by atoms with Gasteiger partial charge in [0.2, 0.25) is 0 Å². The lowest BCUT2D eigenvalue weighted by Gasteiger charge is -2.61. The quantitative estimate of drug-likeness (QED) is 0.531. The number of rotatable bonds is 3. The third-order valence-electron chi connectivity index (χ3n) is 10.5. The van der Waals surface area contributed by atoms with Crippen molar-refractivity contribution in [1.82, 2.24) is 0 Å². The molecule has 0 amide bonds. The smallest absolute Gasteiger partial charge is 0.305 e. The zero-order valence-corrected chi connectivity index (χ0v) is 20.5. The molecule has 0 spiro atoms. The fourth-order valence-corrected chi connectivity index (χ4v) is 8.98. The number of hydrogen-bond donors (Lipinski definition) is 1. The number of hydrogen-bond acceptors (Lipinski definition) is 7. The monoisotopic (exact) mass is 470 g/mol. The van der Waals surface area contributed by atoms with Crippen molar-refractivity contribution in [3.8, 4) is 0 Å². The van der Waals surface area contributed by atoms with E-state index in [-0.39, 0.29) is 48.1 Å². The number of carbonyl (C=O) groups excluding carboxylic acids is 2. The molecule has 0 aromatic carbocycles. The summed E-state index contributed by atoms with van der Waals surface area (Å²) < 4.78 is 23.6. The maximum absolute atomic E-state index is 13.8. The van der Waals surface area contributed by atoms with Crippen LogP contribution in [-0.4, -0.2) is 48.6 Å². The molecule has 2 saturated carbocycles. The van der Waals surface area contributed by atoms with Gasteiger partial charge in [-0.05, 0) is 42.9 Å². The maximum atomic E-state index is 13.8. The second kappa shape index (κ2) is 7.05. The zero-order chi connectivity index (χ0) is 24.2. The Morgan fingerprint density at radius 2 is 2.00 bits per heavy atom.